The summed E-state index contributed by atoms with van der Waals surface area (Å²) in [6, 6.07) is 22.0. The van der Waals surface area contributed by atoms with E-state index in [0.29, 0.717) is 23.7 Å². The zero-order chi connectivity index (χ0) is 22.5. The fourth-order valence-electron chi connectivity index (χ4n) is 3.57. The number of fused-ring (bicyclic) bond motifs is 1. The number of benzene rings is 3. The van der Waals surface area contributed by atoms with Gasteiger partial charge in [0.2, 0.25) is 0 Å². The Bertz CT molecular complexity index is 1220. The summed E-state index contributed by atoms with van der Waals surface area (Å²) < 4.78 is 13.2. The number of hydrogen-bond acceptors (Lipinski definition) is 4. The number of methoxy groups -OCH3 is 1. The molecule has 1 atom stereocenters. The van der Waals surface area contributed by atoms with E-state index in [1.54, 1.807) is 31.4 Å². The number of imidazole rings is 1. The zero-order valence-corrected chi connectivity index (χ0v) is 18.7. The number of nitrogens with one attached hydrogen (secondary N) is 1. The molecule has 0 aliphatic carbocycles. The van der Waals surface area contributed by atoms with E-state index >= 15 is 0 Å². The molecule has 0 aliphatic rings. The second kappa shape index (κ2) is 9.75. The van der Waals surface area contributed by atoms with Crippen molar-refractivity contribution >= 4 is 28.5 Å². The number of amides is 1. The Kier molecular flexibility index (Phi) is 6.61. The monoisotopic (exact) mass is 449 g/mol. The number of carbonyl (C=O) groups excluding carboxylic acids is 1. The molecule has 3 aromatic carbocycles. The van der Waals surface area contributed by atoms with Crippen molar-refractivity contribution in [1.82, 2.24) is 14.9 Å². The van der Waals surface area contributed by atoms with Gasteiger partial charge in [-0.05, 0) is 55.5 Å². The normalized spacial score (nSPS) is 11.8. The summed E-state index contributed by atoms with van der Waals surface area (Å²) in [6.07, 6.45) is 0. The van der Waals surface area contributed by atoms with Crippen molar-refractivity contribution in [2.75, 3.05) is 13.7 Å². The molecule has 0 fully saturated rings. The molecule has 0 spiro atoms. The highest BCUT2D eigenvalue weighted by atomic mass is 35.5. The van der Waals surface area contributed by atoms with Gasteiger partial charge in [0, 0.05) is 0 Å². The SMILES string of the molecule is COc1ccc(OCCn2c(C(C)NC(=O)c3ccccc3Cl)nc3ccccc32)cc1. The van der Waals surface area contributed by atoms with Crippen LogP contribution in [-0.4, -0.2) is 29.2 Å². The maximum absolute atomic E-state index is 12.8. The van der Waals surface area contributed by atoms with Crippen LogP contribution in [0.2, 0.25) is 5.02 Å². The van der Waals surface area contributed by atoms with Crippen LogP contribution in [0.4, 0.5) is 0 Å². The van der Waals surface area contributed by atoms with Gasteiger partial charge in [-0.3, -0.25) is 4.79 Å². The molecule has 164 valence electrons. The van der Waals surface area contributed by atoms with Crippen LogP contribution in [0, 0.1) is 0 Å². The van der Waals surface area contributed by atoms with Gasteiger partial charge in [-0.2, -0.15) is 0 Å². The van der Waals surface area contributed by atoms with Gasteiger partial charge in [0.1, 0.15) is 23.9 Å². The number of hydrogen-bond donors (Lipinski definition) is 1. The minimum absolute atomic E-state index is 0.240. The highest BCUT2D eigenvalue weighted by molar-refractivity contribution is 6.33. The van der Waals surface area contributed by atoms with E-state index in [1.165, 1.54) is 0 Å². The highest BCUT2D eigenvalue weighted by Gasteiger charge is 2.20. The second-order valence-electron chi connectivity index (χ2n) is 7.31. The first-order valence-electron chi connectivity index (χ1n) is 10.3. The third kappa shape index (κ3) is 4.70. The highest BCUT2D eigenvalue weighted by Crippen LogP contribution is 2.23. The Balaban J connectivity index is 1.52. The van der Waals surface area contributed by atoms with Crippen LogP contribution >= 0.6 is 11.6 Å². The van der Waals surface area contributed by atoms with E-state index in [9.17, 15) is 4.79 Å². The Hall–Kier alpha value is -3.51. The molecule has 4 rings (SSSR count). The van der Waals surface area contributed by atoms with E-state index in [-0.39, 0.29) is 11.9 Å². The van der Waals surface area contributed by atoms with E-state index in [0.717, 1.165) is 28.4 Å². The van der Waals surface area contributed by atoms with Gasteiger partial charge in [0.15, 0.2) is 0 Å². The molecule has 1 amide bonds. The van der Waals surface area contributed by atoms with Crippen molar-refractivity contribution in [2.24, 2.45) is 0 Å². The lowest BCUT2D eigenvalue weighted by Crippen LogP contribution is -2.29. The molecule has 1 heterocycles. The molecule has 4 aromatic rings. The molecule has 0 saturated heterocycles. The number of aromatic nitrogens is 2. The molecular formula is C25H24ClN3O3. The smallest absolute Gasteiger partial charge is 0.253 e. The number of ether oxygens (including phenoxy) is 2. The van der Waals surface area contributed by atoms with Crippen LogP contribution in [0.15, 0.2) is 72.8 Å². The van der Waals surface area contributed by atoms with Crippen LogP contribution < -0.4 is 14.8 Å². The van der Waals surface area contributed by atoms with Crippen molar-refractivity contribution in [1.29, 1.82) is 0 Å². The van der Waals surface area contributed by atoms with E-state index in [1.807, 2.05) is 55.5 Å². The summed E-state index contributed by atoms with van der Waals surface area (Å²) in [4.78, 5) is 17.5. The maximum Gasteiger partial charge on any atom is 0.253 e. The molecule has 1 unspecified atom stereocenters. The van der Waals surface area contributed by atoms with E-state index < -0.39 is 0 Å². The summed E-state index contributed by atoms with van der Waals surface area (Å²) >= 11 is 6.18. The van der Waals surface area contributed by atoms with Gasteiger partial charge in [0.05, 0.1) is 41.3 Å². The molecule has 1 aromatic heterocycles. The lowest BCUT2D eigenvalue weighted by molar-refractivity contribution is 0.0937. The molecular weight excluding hydrogens is 426 g/mol. The third-order valence-electron chi connectivity index (χ3n) is 5.18. The largest absolute Gasteiger partial charge is 0.497 e. The first-order chi connectivity index (χ1) is 15.6. The Morgan fingerprint density at radius 3 is 2.47 bits per heavy atom. The van der Waals surface area contributed by atoms with Gasteiger partial charge in [-0.15, -0.1) is 0 Å². The number of carbonyl (C=O) groups is 1. The predicted octanol–water partition coefficient (Wildman–Crippen LogP) is 5.27. The number of nitrogens with zero attached hydrogens (tertiary/aromatic N) is 2. The summed E-state index contributed by atoms with van der Waals surface area (Å²) in [5.41, 5.74) is 2.29. The van der Waals surface area contributed by atoms with Crippen molar-refractivity contribution in [3.05, 3.63) is 89.2 Å². The summed E-state index contributed by atoms with van der Waals surface area (Å²) in [6.45, 7) is 2.94. The van der Waals surface area contributed by atoms with Crippen molar-refractivity contribution in [3.8, 4) is 11.5 Å². The first kappa shape index (κ1) is 21.7. The standard InChI is InChI=1S/C25H24ClN3O3/c1-17(27-25(30)20-7-3-4-8-21(20)26)24-28-22-9-5-6-10-23(22)29(24)15-16-32-19-13-11-18(31-2)12-14-19/h3-14,17H,15-16H2,1-2H3,(H,27,30). The van der Waals surface area contributed by atoms with Crippen LogP contribution in [0.3, 0.4) is 0 Å². The molecule has 7 heteroatoms. The minimum Gasteiger partial charge on any atom is -0.497 e. The maximum atomic E-state index is 12.8. The van der Waals surface area contributed by atoms with Gasteiger partial charge in [-0.1, -0.05) is 35.9 Å². The molecule has 0 radical (unpaired) electrons. The fourth-order valence-corrected chi connectivity index (χ4v) is 3.79. The molecule has 1 N–H and O–H groups in total. The number of para-hydroxylation sites is 2. The van der Waals surface area contributed by atoms with E-state index in [2.05, 4.69) is 9.88 Å². The van der Waals surface area contributed by atoms with Gasteiger partial charge >= 0.3 is 0 Å². The summed E-state index contributed by atoms with van der Waals surface area (Å²) in [7, 11) is 1.63. The molecule has 0 aliphatic heterocycles. The van der Waals surface area contributed by atoms with E-state index in [4.69, 9.17) is 26.1 Å². The second-order valence-corrected chi connectivity index (χ2v) is 7.72. The fraction of sp³-hybridized carbons (Fsp3) is 0.200. The number of rotatable bonds is 8. The Morgan fingerprint density at radius 2 is 1.72 bits per heavy atom. The minimum atomic E-state index is -0.327. The van der Waals surface area contributed by atoms with Gasteiger partial charge < -0.3 is 19.4 Å². The summed E-state index contributed by atoms with van der Waals surface area (Å²) in [5.74, 6) is 2.06. The quantitative estimate of drug-likeness (QED) is 0.398. The Labute approximate surface area is 191 Å². The first-order valence-corrected chi connectivity index (χ1v) is 10.7. The predicted molar refractivity (Wildman–Crippen MR) is 126 cm³/mol. The summed E-state index contributed by atoms with van der Waals surface area (Å²) in [5, 5.41) is 3.43. The number of halogens is 1. The van der Waals surface area contributed by atoms with Crippen LogP contribution in [0.25, 0.3) is 11.0 Å². The molecule has 0 saturated carbocycles. The molecule has 6 nitrogen and oxygen atoms in total. The lowest BCUT2D eigenvalue weighted by Gasteiger charge is -2.17. The average Bonchev–Trinajstić information content (AvgIpc) is 3.18. The third-order valence-corrected chi connectivity index (χ3v) is 5.51. The Morgan fingerprint density at radius 1 is 1.03 bits per heavy atom. The topological polar surface area (TPSA) is 65.4 Å². The van der Waals surface area contributed by atoms with Crippen LogP contribution in [-0.2, 0) is 6.54 Å². The van der Waals surface area contributed by atoms with Crippen molar-refractivity contribution < 1.29 is 14.3 Å². The van der Waals surface area contributed by atoms with Crippen LogP contribution in [0.5, 0.6) is 11.5 Å². The molecule has 0 bridgehead atoms. The van der Waals surface area contributed by atoms with Gasteiger partial charge in [0.25, 0.3) is 5.91 Å². The van der Waals surface area contributed by atoms with Crippen molar-refractivity contribution in [3.63, 3.8) is 0 Å². The average molecular weight is 450 g/mol. The van der Waals surface area contributed by atoms with Crippen LogP contribution in [0.1, 0.15) is 29.1 Å². The lowest BCUT2D eigenvalue weighted by atomic mass is 10.2. The zero-order valence-electron chi connectivity index (χ0n) is 17.9. The van der Waals surface area contributed by atoms with Gasteiger partial charge in [-0.25, -0.2) is 4.98 Å². The van der Waals surface area contributed by atoms with Crippen molar-refractivity contribution in [2.45, 2.75) is 19.5 Å². The molecule has 32 heavy (non-hydrogen) atoms.